The van der Waals surface area contributed by atoms with E-state index in [1.807, 2.05) is 32.0 Å². The minimum atomic E-state index is -0.0194. The van der Waals surface area contributed by atoms with Crippen molar-refractivity contribution in [3.8, 4) is 0 Å². The van der Waals surface area contributed by atoms with Gasteiger partial charge in [-0.05, 0) is 62.2 Å². The molecule has 1 aromatic heterocycles. The van der Waals surface area contributed by atoms with Gasteiger partial charge in [0.1, 0.15) is 0 Å². The molecule has 28 heavy (non-hydrogen) atoms. The van der Waals surface area contributed by atoms with Crippen molar-refractivity contribution in [2.45, 2.75) is 46.1 Å². The highest BCUT2D eigenvalue weighted by Gasteiger charge is 2.21. The summed E-state index contributed by atoms with van der Waals surface area (Å²) < 4.78 is 0. The first-order valence-corrected chi connectivity index (χ1v) is 11.0. The third-order valence-corrected chi connectivity index (χ3v) is 6.28. The van der Waals surface area contributed by atoms with E-state index in [2.05, 4.69) is 27.7 Å². The number of hydrogen-bond donors (Lipinski definition) is 1. The van der Waals surface area contributed by atoms with E-state index in [1.54, 1.807) is 11.3 Å². The molecule has 0 bridgehead atoms. The average Bonchev–Trinajstić information content (AvgIpc) is 3.19. The Labute approximate surface area is 172 Å². The Hall–Kier alpha value is -1.98. The molecule has 1 aliphatic rings. The molecule has 3 rings (SSSR count). The fourth-order valence-electron chi connectivity index (χ4n) is 3.83. The van der Waals surface area contributed by atoms with Crippen LogP contribution < -0.4 is 5.32 Å². The van der Waals surface area contributed by atoms with Gasteiger partial charge < -0.3 is 5.32 Å². The summed E-state index contributed by atoms with van der Waals surface area (Å²) in [5, 5.41) is 5.17. The number of nitrogens with zero attached hydrogens (tertiary/aromatic N) is 1. The van der Waals surface area contributed by atoms with Gasteiger partial charge in [-0.15, -0.1) is 11.3 Å². The van der Waals surface area contributed by atoms with E-state index < -0.39 is 0 Å². The zero-order chi connectivity index (χ0) is 19.9. The van der Waals surface area contributed by atoms with Crippen LogP contribution in [0.15, 0.2) is 35.7 Å². The predicted molar refractivity (Wildman–Crippen MR) is 115 cm³/mol. The van der Waals surface area contributed by atoms with Crippen LogP contribution in [0, 0.1) is 19.8 Å². The maximum absolute atomic E-state index is 12.4. The fraction of sp³-hybridized carbons (Fsp3) is 0.478. The molecule has 1 aliphatic heterocycles. The van der Waals surface area contributed by atoms with Crippen LogP contribution >= 0.6 is 11.3 Å². The molecule has 4 nitrogen and oxygen atoms in total. The third kappa shape index (κ3) is 6.01. The molecule has 1 aromatic carbocycles. The molecule has 0 radical (unpaired) electrons. The van der Waals surface area contributed by atoms with Gasteiger partial charge in [-0.2, -0.15) is 0 Å². The largest absolute Gasteiger partial charge is 0.356 e. The van der Waals surface area contributed by atoms with Gasteiger partial charge in [0.2, 0.25) is 5.91 Å². The monoisotopic (exact) mass is 398 g/mol. The normalized spacial score (nSPS) is 17.4. The van der Waals surface area contributed by atoms with Gasteiger partial charge in [-0.3, -0.25) is 14.5 Å². The Morgan fingerprint density at radius 2 is 2.07 bits per heavy atom. The molecule has 2 heterocycles. The smallest absolute Gasteiger partial charge is 0.220 e. The number of amides is 1. The van der Waals surface area contributed by atoms with Gasteiger partial charge in [0, 0.05) is 42.9 Å². The standard InChI is InChI=1S/C23H30N2O2S/c1-17-7-8-18(2)21(13-17)22(26)9-10-23(27)24-14-19-5-3-11-25(15-19)16-20-6-4-12-28-20/h4,6-8,12-13,19H,3,5,9-11,14-16H2,1-2H3,(H,24,27). The summed E-state index contributed by atoms with van der Waals surface area (Å²) in [4.78, 5) is 28.6. The molecular weight excluding hydrogens is 368 g/mol. The molecule has 2 aromatic rings. The van der Waals surface area contributed by atoms with Crippen molar-refractivity contribution in [3.63, 3.8) is 0 Å². The lowest BCUT2D eigenvalue weighted by molar-refractivity contribution is -0.121. The lowest BCUT2D eigenvalue weighted by atomic mass is 9.97. The van der Waals surface area contributed by atoms with Crippen molar-refractivity contribution in [2.24, 2.45) is 5.92 Å². The van der Waals surface area contributed by atoms with Crippen LogP contribution in [0.5, 0.6) is 0 Å². The minimum absolute atomic E-state index is 0.0194. The van der Waals surface area contributed by atoms with E-state index in [0.29, 0.717) is 12.5 Å². The summed E-state index contributed by atoms with van der Waals surface area (Å²) in [5.41, 5.74) is 2.79. The number of piperidine rings is 1. The molecule has 1 unspecified atom stereocenters. The van der Waals surface area contributed by atoms with Crippen LogP contribution in [0.1, 0.15) is 52.0 Å². The van der Waals surface area contributed by atoms with Gasteiger partial charge in [0.05, 0.1) is 0 Å². The quantitative estimate of drug-likeness (QED) is 0.672. The minimum Gasteiger partial charge on any atom is -0.356 e. The third-order valence-electron chi connectivity index (χ3n) is 5.42. The van der Waals surface area contributed by atoms with Crippen molar-refractivity contribution in [1.82, 2.24) is 10.2 Å². The van der Waals surface area contributed by atoms with E-state index in [1.165, 1.54) is 11.3 Å². The van der Waals surface area contributed by atoms with Crippen LogP contribution in [-0.2, 0) is 11.3 Å². The SMILES string of the molecule is Cc1ccc(C)c(C(=O)CCC(=O)NCC2CCCN(Cc3cccs3)C2)c1. The van der Waals surface area contributed by atoms with E-state index >= 15 is 0 Å². The van der Waals surface area contributed by atoms with E-state index in [0.717, 1.165) is 42.7 Å². The molecule has 150 valence electrons. The van der Waals surface area contributed by atoms with Crippen molar-refractivity contribution in [2.75, 3.05) is 19.6 Å². The number of hydrogen-bond acceptors (Lipinski definition) is 4. The predicted octanol–water partition coefficient (Wildman–Crippen LogP) is 4.36. The highest BCUT2D eigenvalue weighted by atomic mass is 32.1. The van der Waals surface area contributed by atoms with Crippen LogP contribution in [-0.4, -0.2) is 36.2 Å². The number of likely N-dealkylation sites (tertiary alicyclic amines) is 1. The Morgan fingerprint density at radius 1 is 1.21 bits per heavy atom. The summed E-state index contributed by atoms with van der Waals surface area (Å²) in [6.07, 6.45) is 2.86. The van der Waals surface area contributed by atoms with Crippen LogP contribution in [0.3, 0.4) is 0 Å². The fourth-order valence-corrected chi connectivity index (χ4v) is 4.58. The molecule has 0 saturated carbocycles. The Balaban J connectivity index is 1.40. The summed E-state index contributed by atoms with van der Waals surface area (Å²) >= 11 is 1.80. The number of Topliss-reactive ketones (excluding diaryl/α,β-unsaturated/α-hetero) is 1. The Morgan fingerprint density at radius 3 is 2.86 bits per heavy atom. The van der Waals surface area contributed by atoms with Crippen molar-refractivity contribution < 1.29 is 9.59 Å². The summed E-state index contributed by atoms with van der Waals surface area (Å²) in [6, 6.07) is 10.2. The van der Waals surface area contributed by atoms with E-state index in [9.17, 15) is 9.59 Å². The van der Waals surface area contributed by atoms with Crippen molar-refractivity contribution >= 4 is 23.0 Å². The zero-order valence-corrected chi connectivity index (χ0v) is 17.7. The topological polar surface area (TPSA) is 49.4 Å². The van der Waals surface area contributed by atoms with Gasteiger partial charge in [-0.25, -0.2) is 0 Å². The van der Waals surface area contributed by atoms with Gasteiger partial charge in [0.15, 0.2) is 5.78 Å². The van der Waals surface area contributed by atoms with E-state index in [4.69, 9.17) is 0 Å². The summed E-state index contributed by atoms with van der Waals surface area (Å²) in [7, 11) is 0. The number of benzene rings is 1. The van der Waals surface area contributed by atoms with Crippen LogP contribution in [0.25, 0.3) is 0 Å². The summed E-state index contributed by atoms with van der Waals surface area (Å²) in [6.45, 7) is 7.79. The lowest BCUT2D eigenvalue weighted by Gasteiger charge is -2.32. The maximum atomic E-state index is 12.4. The second kappa shape index (κ2) is 9.99. The van der Waals surface area contributed by atoms with Gasteiger partial charge in [0.25, 0.3) is 0 Å². The number of aryl methyl sites for hydroxylation is 2. The number of rotatable bonds is 8. The number of thiophene rings is 1. The molecule has 0 aliphatic carbocycles. The lowest BCUT2D eigenvalue weighted by Crippen LogP contribution is -2.40. The van der Waals surface area contributed by atoms with E-state index in [-0.39, 0.29) is 24.5 Å². The van der Waals surface area contributed by atoms with Crippen LogP contribution in [0.4, 0.5) is 0 Å². The Bertz CT molecular complexity index is 801. The highest BCUT2D eigenvalue weighted by molar-refractivity contribution is 7.09. The van der Waals surface area contributed by atoms with Crippen LogP contribution in [0.2, 0.25) is 0 Å². The molecule has 5 heteroatoms. The first kappa shape index (κ1) is 20.7. The maximum Gasteiger partial charge on any atom is 0.220 e. The summed E-state index contributed by atoms with van der Waals surface area (Å²) in [5.74, 6) is 0.526. The molecule has 1 amide bonds. The highest BCUT2D eigenvalue weighted by Crippen LogP contribution is 2.20. The number of ketones is 1. The molecule has 0 spiro atoms. The molecular formula is C23H30N2O2S. The van der Waals surface area contributed by atoms with Gasteiger partial charge in [-0.1, -0.05) is 23.8 Å². The first-order chi connectivity index (χ1) is 13.5. The second-order valence-corrected chi connectivity index (χ2v) is 8.90. The zero-order valence-electron chi connectivity index (χ0n) is 16.9. The number of carbonyl (C=O) groups excluding carboxylic acids is 2. The van der Waals surface area contributed by atoms with Crippen molar-refractivity contribution in [3.05, 3.63) is 57.3 Å². The number of nitrogens with one attached hydrogen (secondary N) is 1. The number of carbonyl (C=O) groups is 2. The average molecular weight is 399 g/mol. The Kier molecular flexibility index (Phi) is 7.40. The van der Waals surface area contributed by atoms with Crippen molar-refractivity contribution in [1.29, 1.82) is 0 Å². The molecule has 1 N–H and O–H groups in total. The molecule has 1 saturated heterocycles. The molecule has 1 fully saturated rings. The first-order valence-electron chi connectivity index (χ1n) is 10.1. The second-order valence-electron chi connectivity index (χ2n) is 7.87. The van der Waals surface area contributed by atoms with Gasteiger partial charge >= 0.3 is 0 Å². The molecule has 1 atom stereocenters.